The van der Waals surface area contributed by atoms with Gasteiger partial charge in [0.05, 0.1) is 12.3 Å². The number of ether oxygens (including phenoxy) is 1. The molecule has 1 fully saturated rings. The number of rotatable bonds is 3. The third-order valence-corrected chi connectivity index (χ3v) is 5.93. The summed E-state index contributed by atoms with van der Waals surface area (Å²) in [5, 5.41) is 4.16. The summed E-state index contributed by atoms with van der Waals surface area (Å²) in [6.07, 6.45) is 5.55. The summed E-state index contributed by atoms with van der Waals surface area (Å²) in [5.41, 5.74) is 8.67. The van der Waals surface area contributed by atoms with Crippen molar-refractivity contribution >= 4 is 23.2 Å². The lowest BCUT2D eigenvalue weighted by Gasteiger charge is -2.44. The van der Waals surface area contributed by atoms with Gasteiger partial charge < -0.3 is 15.4 Å². The van der Waals surface area contributed by atoms with E-state index >= 15 is 0 Å². The van der Waals surface area contributed by atoms with Crippen LogP contribution >= 0.6 is 11.3 Å². The second kappa shape index (κ2) is 6.72. The molecule has 6 nitrogen and oxygen atoms in total. The lowest BCUT2D eigenvalue weighted by molar-refractivity contribution is -0.141. The van der Waals surface area contributed by atoms with Crippen molar-refractivity contribution < 1.29 is 9.53 Å². The van der Waals surface area contributed by atoms with Crippen LogP contribution in [0.1, 0.15) is 36.1 Å². The van der Waals surface area contributed by atoms with Crippen molar-refractivity contribution in [1.82, 2.24) is 14.9 Å². The molecule has 25 heavy (non-hydrogen) atoms. The normalized spacial score (nSPS) is 19.0. The maximum atomic E-state index is 12.5. The molecule has 0 aromatic carbocycles. The molecule has 0 aliphatic carbocycles. The van der Waals surface area contributed by atoms with Crippen LogP contribution in [0, 0.1) is 0 Å². The van der Waals surface area contributed by atoms with Crippen LogP contribution in [0.3, 0.4) is 0 Å². The van der Waals surface area contributed by atoms with Crippen LogP contribution in [0.25, 0.3) is 0 Å². The monoisotopic (exact) mass is 358 g/mol. The van der Waals surface area contributed by atoms with E-state index in [1.165, 1.54) is 5.56 Å². The van der Waals surface area contributed by atoms with Gasteiger partial charge in [-0.1, -0.05) is 0 Å². The van der Waals surface area contributed by atoms with Crippen LogP contribution < -0.4 is 5.73 Å². The Bertz CT molecular complexity index is 754. The molecule has 0 saturated carbocycles. The van der Waals surface area contributed by atoms with Gasteiger partial charge in [-0.15, -0.1) is 0 Å². The number of aryl methyl sites for hydroxylation is 1. The Morgan fingerprint density at radius 1 is 1.40 bits per heavy atom. The lowest BCUT2D eigenvalue weighted by Crippen LogP contribution is -2.49. The number of nitrogen functional groups attached to an aromatic ring is 1. The Labute approximate surface area is 151 Å². The first-order valence-corrected chi connectivity index (χ1v) is 9.65. The van der Waals surface area contributed by atoms with E-state index in [2.05, 4.69) is 26.8 Å². The second-order valence-corrected chi connectivity index (χ2v) is 7.49. The van der Waals surface area contributed by atoms with Crippen molar-refractivity contribution in [3.8, 4) is 0 Å². The molecule has 2 aliphatic rings. The van der Waals surface area contributed by atoms with E-state index in [0.29, 0.717) is 26.1 Å². The molecule has 0 unspecified atom stereocenters. The molecular weight excluding hydrogens is 336 g/mol. The fraction of sp³-hybridized carbons (Fsp3) is 0.500. The highest BCUT2D eigenvalue weighted by atomic mass is 32.1. The highest BCUT2D eigenvalue weighted by molar-refractivity contribution is 7.07. The topological polar surface area (TPSA) is 81.3 Å². The Morgan fingerprint density at radius 3 is 3.00 bits per heavy atom. The number of aromatic nitrogens is 2. The van der Waals surface area contributed by atoms with Gasteiger partial charge in [-0.25, -0.2) is 9.97 Å². The summed E-state index contributed by atoms with van der Waals surface area (Å²) in [6.45, 7) is 2.07. The molecular formula is C18H22N4O2S. The minimum absolute atomic E-state index is 0.222. The molecule has 2 aliphatic heterocycles. The average Bonchev–Trinajstić information content (AvgIpc) is 3.15. The Morgan fingerprint density at radius 2 is 2.24 bits per heavy atom. The van der Waals surface area contributed by atoms with E-state index in [-0.39, 0.29) is 11.9 Å². The van der Waals surface area contributed by atoms with E-state index in [0.717, 1.165) is 36.9 Å². The van der Waals surface area contributed by atoms with Crippen LogP contribution in [0.4, 0.5) is 5.95 Å². The Kier molecular flexibility index (Phi) is 4.43. The Hall–Kier alpha value is -1.99. The van der Waals surface area contributed by atoms with E-state index in [1.54, 1.807) is 11.3 Å². The predicted molar refractivity (Wildman–Crippen MR) is 96.2 cm³/mol. The van der Waals surface area contributed by atoms with Gasteiger partial charge in [-0.3, -0.25) is 4.79 Å². The molecule has 4 heterocycles. The number of fused-ring (bicyclic) bond motifs is 2. The number of anilines is 1. The number of likely N-dealkylation sites (tertiary alicyclic amines) is 1. The number of piperidine rings is 1. The fourth-order valence-electron chi connectivity index (χ4n) is 3.77. The molecule has 0 bridgehead atoms. The van der Waals surface area contributed by atoms with Gasteiger partial charge in [0.1, 0.15) is 5.60 Å². The molecule has 132 valence electrons. The average molecular weight is 358 g/mol. The number of amides is 1. The summed E-state index contributed by atoms with van der Waals surface area (Å²) in [6, 6.07) is 2.08. The van der Waals surface area contributed by atoms with Crippen LogP contribution in [0.5, 0.6) is 0 Å². The number of carbonyl (C=O) groups is 1. The van der Waals surface area contributed by atoms with Crippen molar-refractivity contribution in [3.05, 3.63) is 39.8 Å². The van der Waals surface area contributed by atoms with E-state index in [9.17, 15) is 4.79 Å². The summed E-state index contributed by atoms with van der Waals surface area (Å²) in [5.74, 6) is 0.511. The van der Waals surface area contributed by atoms with Crippen LogP contribution in [0.2, 0.25) is 0 Å². The molecule has 2 aromatic rings. The number of nitrogens with two attached hydrogens (primary N) is 1. The summed E-state index contributed by atoms with van der Waals surface area (Å²) >= 11 is 1.67. The van der Waals surface area contributed by atoms with E-state index in [4.69, 9.17) is 10.5 Å². The minimum atomic E-state index is -0.408. The maximum absolute atomic E-state index is 12.5. The molecule has 1 saturated heterocycles. The predicted octanol–water partition coefficient (Wildman–Crippen LogP) is 2.14. The third-order valence-electron chi connectivity index (χ3n) is 5.20. The first-order chi connectivity index (χ1) is 12.2. The second-order valence-electron chi connectivity index (χ2n) is 6.71. The smallest absolute Gasteiger partial charge is 0.222 e. The van der Waals surface area contributed by atoms with E-state index in [1.807, 2.05) is 11.1 Å². The maximum Gasteiger partial charge on any atom is 0.222 e. The lowest BCUT2D eigenvalue weighted by atomic mass is 9.83. The molecule has 4 rings (SSSR count). The van der Waals surface area contributed by atoms with Gasteiger partial charge in [0.25, 0.3) is 0 Å². The van der Waals surface area contributed by atoms with Crippen molar-refractivity contribution in [2.24, 2.45) is 0 Å². The highest BCUT2D eigenvalue weighted by Gasteiger charge is 2.43. The number of hydrogen-bond acceptors (Lipinski definition) is 6. The van der Waals surface area contributed by atoms with Crippen molar-refractivity contribution in [3.63, 3.8) is 0 Å². The van der Waals surface area contributed by atoms with Gasteiger partial charge in [0.2, 0.25) is 11.9 Å². The highest BCUT2D eigenvalue weighted by Crippen LogP contribution is 2.40. The van der Waals surface area contributed by atoms with Crippen LogP contribution in [-0.4, -0.2) is 40.5 Å². The largest absolute Gasteiger partial charge is 0.368 e. The number of thiophene rings is 1. The first-order valence-electron chi connectivity index (χ1n) is 8.71. The van der Waals surface area contributed by atoms with Gasteiger partial charge in [-0.2, -0.15) is 11.3 Å². The molecule has 1 spiro atoms. The van der Waals surface area contributed by atoms with Crippen molar-refractivity contribution in [2.75, 3.05) is 25.4 Å². The van der Waals surface area contributed by atoms with Crippen molar-refractivity contribution in [1.29, 1.82) is 0 Å². The van der Waals surface area contributed by atoms with Gasteiger partial charge in [0.15, 0.2) is 0 Å². The van der Waals surface area contributed by atoms with Crippen LogP contribution in [-0.2, 0) is 28.0 Å². The third kappa shape index (κ3) is 3.26. The van der Waals surface area contributed by atoms with E-state index < -0.39 is 5.60 Å². The zero-order valence-electron chi connectivity index (χ0n) is 14.1. The fourth-order valence-corrected chi connectivity index (χ4v) is 4.47. The molecule has 1 amide bonds. The molecule has 2 N–H and O–H groups in total. The quantitative estimate of drug-likeness (QED) is 0.909. The Balaban J connectivity index is 1.42. The number of carbonyl (C=O) groups excluding carboxylic acids is 1. The standard InChI is InChI=1S/C18H22N4O2S/c19-17-20-11-14-3-9-24-18(16(14)21-17)5-7-22(8-6-18)15(23)2-1-13-4-10-25-12-13/h4,10-12H,1-3,5-9H2,(H2,19,20,21). The number of nitrogens with zero attached hydrogens (tertiary/aromatic N) is 3. The van der Waals surface area contributed by atoms with Gasteiger partial charge >= 0.3 is 0 Å². The molecule has 2 aromatic heterocycles. The summed E-state index contributed by atoms with van der Waals surface area (Å²) < 4.78 is 6.15. The SMILES string of the molecule is Nc1ncc2c(n1)C1(CCN(C(=O)CCc3ccsc3)CC1)OCC2. The molecule has 7 heteroatoms. The first kappa shape index (κ1) is 16.5. The zero-order valence-corrected chi connectivity index (χ0v) is 14.9. The molecule has 0 atom stereocenters. The molecule has 0 radical (unpaired) electrons. The number of hydrogen-bond donors (Lipinski definition) is 1. The van der Waals surface area contributed by atoms with Gasteiger partial charge in [0, 0.05) is 25.7 Å². The zero-order chi connectivity index (χ0) is 17.3. The summed E-state index contributed by atoms with van der Waals surface area (Å²) in [7, 11) is 0. The van der Waals surface area contributed by atoms with Crippen molar-refractivity contribution in [2.45, 2.75) is 37.7 Å². The summed E-state index contributed by atoms with van der Waals surface area (Å²) in [4.78, 5) is 23.0. The van der Waals surface area contributed by atoms with Crippen LogP contribution in [0.15, 0.2) is 23.0 Å². The minimum Gasteiger partial charge on any atom is -0.368 e. The van der Waals surface area contributed by atoms with Gasteiger partial charge in [-0.05, 0) is 53.6 Å².